The van der Waals surface area contributed by atoms with Gasteiger partial charge in [-0.15, -0.1) is 11.8 Å². The van der Waals surface area contributed by atoms with E-state index in [0.29, 0.717) is 27.6 Å². The highest BCUT2D eigenvalue weighted by atomic mass is 32.2. The van der Waals surface area contributed by atoms with Crippen molar-refractivity contribution >= 4 is 29.3 Å². The minimum Gasteiger partial charge on any atom is -0.457 e. The number of esters is 1. The molecule has 1 aliphatic rings. The van der Waals surface area contributed by atoms with Crippen LogP contribution in [-0.4, -0.2) is 34.2 Å². The van der Waals surface area contributed by atoms with Gasteiger partial charge in [-0.3, -0.25) is 4.79 Å². The monoisotopic (exact) mass is 487 g/mol. The van der Waals surface area contributed by atoms with Crippen LogP contribution in [-0.2, 0) is 16.1 Å². The minimum absolute atomic E-state index is 0.0925. The molecule has 5 rings (SSSR count). The van der Waals surface area contributed by atoms with Crippen molar-refractivity contribution in [3.8, 4) is 17.2 Å². The zero-order valence-electron chi connectivity index (χ0n) is 18.5. The summed E-state index contributed by atoms with van der Waals surface area (Å²) in [6, 6.07) is 22.0. The summed E-state index contributed by atoms with van der Waals surface area (Å²) in [5, 5.41) is 7.15. The van der Waals surface area contributed by atoms with Crippen molar-refractivity contribution in [3.05, 3.63) is 96.3 Å². The molecule has 0 saturated heterocycles. The topological polar surface area (TPSA) is 91.7 Å². The zero-order valence-corrected chi connectivity index (χ0v) is 19.4. The van der Waals surface area contributed by atoms with E-state index in [1.807, 2.05) is 42.6 Å². The van der Waals surface area contributed by atoms with Gasteiger partial charge in [0, 0.05) is 28.4 Å². The molecule has 8 nitrogen and oxygen atoms in total. The molecule has 9 heteroatoms. The quantitative estimate of drug-likeness (QED) is 0.285. The molecule has 0 radical (unpaired) electrons. The first kappa shape index (κ1) is 22.5. The Morgan fingerprint density at radius 2 is 1.80 bits per heavy atom. The highest BCUT2D eigenvalue weighted by Gasteiger charge is 2.17. The number of hydrogen-bond acceptors (Lipinski definition) is 7. The zero-order chi connectivity index (χ0) is 24.0. The smallest absolute Gasteiger partial charge is 0.339 e. The molecule has 0 saturated carbocycles. The molecule has 4 aromatic rings. The predicted octanol–water partition coefficient (Wildman–Crippen LogP) is 4.69. The number of nitrogens with one attached hydrogen (secondary N) is 1. The van der Waals surface area contributed by atoms with Gasteiger partial charge in [0.2, 0.25) is 12.7 Å². The number of rotatable bonds is 8. The molecule has 1 aliphatic heterocycles. The average Bonchev–Trinajstić information content (AvgIpc) is 3.56. The Morgan fingerprint density at radius 1 is 1.00 bits per heavy atom. The second kappa shape index (κ2) is 10.4. The molecule has 3 aromatic carbocycles. The van der Waals surface area contributed by atoms with Crippen molar-refractivity contribution in [3.63, 3.8) is 0 Å². The van der Waals surface area contributed by atoms with Crippen LogP contribution in [0.25, 0.3) is 5.69 Å². The van der Waals surface area contributed by atoms with Crippen LogP contribution in [0, 0.1) is 0 Å². The van der Waals surface area contributed by atoms with Crippen molar-refractivity contribution in [2.75, 3.05) is 17.9 Å². The van der Waals surface area contributed by atoms with Gasteiger partial charge >= 0.3 is 5.97 Å². The van der Waals surface area contributed by atoms with Gasteiger partial charge in [-0.25, -0.2) is 9.48 Å². The molecule has 0 fully saturated rings. The summed E-state index contributed by atoms with van der Waals surface area (Å²) in [5.74, 6) is 0.708. The number of amides is 1. The van der Waals surface area contributed by atoms with Crippen LogP contribution in [0.3, 0.4) is 0 Å². The van der Waals surface area contributed by atoms with E-state index >= 15 is 0 Å². The second-order valence-corrected chi connectivity index (χ2v) is 8.62. The Hall–Kier alpha value is -4.24. The molecule has 1 amide bonds. The fourth-order valence-electron chi connectivity index (χ4n) is 3.46. The number of anilines is 1. The summed E-state index contributed by atoms with van der Waals surface area (Å²) >= 11 is 1.27. The number of ether oxygens (including phenoxy) is 3. The maximum Gasteiger partial charge on any atom is 0.339 e. The van der Waals surface area contributed by atoms with Crippen molar-refractivity contribution in [1.82, 2.24) is 9.78 Å². The number of benzene rings is 3. The van der Waals surface area contributed by atoms with Crippen LogP contribution in [0.1, 0.15) is 15.9 Å². The molecule has 35 heavy (non-hydrogen) atoms. The van der Waals surface area contributed by atoms with Crippen LogP contribution >= 0.6 is 11.8 Å². The van der Waals surface area contributed by atoms with Gasteiger partial charge in [0.25, 0.3) is 0 Å². The molecule has 0 bridgehead atoms. The first-order valence-electron chi connectivity index (χ1n) is 10.8. The average molecular weight is 488 g/mol. The van der Waals surface area contributed by atoms with Crippen molar-refractivity contribution in [2.24, 2.45) is 0 Å². The molecule has 0 spiro atoms. The SMILES string of the molecule is O=C(CSc1ccccc1C(=O)OCc1cnn(-c2ccccc2)c1)Nc1ccc2c(c1)OCO2. The van der Waals surface area contributed by atoms with Crippen LogP contribution in [0.4, 0.5) is 5.69 Å². The van der Waals surface area contributed by atoms with Crippen LogP contribution < -0.4 is 14.8 Å². The van der Waals surface area contributed by atoms with Gasteiger partial charge in [-0.2, -0.15) is 5.10 Å². The Morgan fingerprint density at radius 3 is 2.69 bits per heavy atom. The van der Waals surface area contributed by atoms with E-state index in [0.717, 1.165) is 11.3 Å². The molecule has 0 aliphatic carbocycles. The number of nitrogens with zero attached hydrogens (tertiary/aromatic N) is 2. The number of aromatic nitrogens is 2. The van der Waals surface area contributed by atoms with Crippen molar-refractivity contribution < 1.29 is 23.8 Å². The largest absolute Gasteiger partial charge is 0.457 e. The van der Waals surface area contributed by atoms with Crippen LogP contribution in [0.15, 0.2) is 90.1 Å². The molecular formula is C26H21N3O5S. The van der Waals surface area contributed by atoms with Crippen LogP contribution in [0.2, 0.25) is 0 Å². The van der Waals surface area contributed by atoms with E-state index in [1.165, 1.54) is 11.8 Å². The number of carbonyl (C=O) groups is 2. The van der Waals surface area contributed by atoms with Crippen molar-refractivity contribution in [2.45, 2.75) is 11.5 Å². The van der Waals surface area contributed by atoms with Gasteiger partial charge in [-0.1, -0.05) is 30.3 Å². The first-order chi connectivity index (χ1) is 17.2. The Bertz CT molecular complexity index is 1360. The van der Waals surface area contributed by atoms with Gasteiger partial charge in [0.1, 0.15) is 6.61 Å². The molecular weight excluding hydrogens is 466 g/mol. The summed E-state index contributed by atoms with van der Waals surface area (Å²) in [7, 11) is 0. The third kappa shape index (κ3) is 5.47. The van der Waals surface area contributed by atoms with Gasteiger partial charge < -0.3 is 19.5 Å². The Balaban J connectivity index is 1.17. The lowest BCUT2D eigenvalue weighted by Crippen LogP contribution is -2.14. The van der Waals surface area contributed by atoms with E-state index in [1.54, 1.807) is 47.3 Å². The Kier molecular flexibility index (Phi) is 6.67. The molecule has 2 heterocycles. The van der Waals surface area contributed by atoms with E-state index in [4.69, 9.17) is 14.2 Å². The summed E-state index contributed by atoms with van der Waals surface area (Å²) in [5.41, 5.74) is 2.72. The number of para-hydroxylation sites is 1. The standard InChI is InChI=1S/C26H21N3O5S/c30-25(28-19-10-11-22-23(12-19)34-17-33-22)16-35-24-9-5-4-8-21(24)26(31)32-15-18-13-27-29(14-18)20-6-2-1-3-7-20/h1-14H,15-17H2,(H,28,30). The maximum atomic E-state index is 12.8. The normalized spacial score (nSPS) is 11.8. The highest BCUT2D eigenvalue weighted by molar-refractivity contribution is 8.00. The third-order valence-electron chi connectivity index (χ3n) is 5.15. The molecule has 176 valence electrons. The lowest BCUT2D eigenvalue weighted by molar-refractivity contribution is -0.113. The Labute approximate surface area is 205 Å². The second-order valence-electron chi connectivity index (χ2n) is 7.61. The van der Waals surface area contributed by atoms with E-state index < -0.39 is 5.97 Å². The predicted molar refractivity (Wildman–Crippen MR) is 131 cm³/mol. The van der Waals surface area contributed by atoms with Gasteiger partial charge in [0.05, 0.1) is 23.2 Å². The molecule has 1 aromatic heterocycles. The van der Waals surface area contributed by atoms with Crippen molar-refractivity contribution in [1.29, 1.82) is 0 Å². The maximum absolute atomic E-state index is 12.8. The number of fused-ring (bicyclic) bond motifs is 1. The number of thioether (sulfide) groups is 1. The van der Waals surface area contributed by atoms with Gasteiger partial charge in [0.15, 0.2) is 11.5 Å². The number of carbonyl (C=O) groups excluding carboxylic acids is 2. The van der Waals surface area contributed by atoms with E-state index in [9.17, 15) is 9.59 Å². The summed E-state index contributed by atoms with van der Waals surface area (Å²) in [4.78, 5) is 25.9. The van der Waals surface area contributed by atoms with E-state index in [2.05, 4.69) is 10.4 Å². The lowest BCUT2D eigenvalue weighted by Gasteiger charge is -2.10. The summed E-state index contributed by atoms with van der Waals surface area (Å²) in [6.45, 7) is 0.264. The lowest BCUT2D eigenvalue weighted by atomic mass is 10.2. The summed E-state index contributed by atoms with van der Waals surface area (Å²) < 4.78 is 17.9. The fourth-order valence-corrected chi connectivity index (χ4v) is 4.30. The highest BCUT2D eigenvalue weighted by Crippen LogP contribution is 2.34. The number of hydrogen-bond donors (Lipinski definition) is 1. The van der Waals surface area contributed by atoms with Crippen LogP contribution in [0.5, 0.6) is 11.5 Å². The molecule has 0 atom stereocenters. The minimum atomic E-state index is -0.461. The fraction of sp³-hybridized carbons (Fsp3) is 0.115. The summed E-state index contributed by atoms with van der Waals surface area (Å²) in [6.07, 6.45) is 3.49. The first-order valence-corrected chi connectivity index (χ1v) is 11.8. The van der Waals surface area contributed by atoms with Gasteiger partial charge in [-0.05, 0) is 36.4 Å². The molecule has 1 N–H and O–H groups in total. The van der Waals surface area contributed by atoms with E-state index in [-0.39, 0.29) is 25.1 Å². The molecule has 0 unspecified atom stereocenters. The third-order valence-corrected chi connectivity index (χ3v) is 6.22.